The molecule has 1 aliphatic rings. The largest absolute Gasteiger partial charge is 0.378 e. The maximum absolute atomic E-state index is 12.4. The Labute approximate surface area is 169 Å². The number of rotatable bonds is 5. The number of likely N-dealkylation sites (N-methyl/N-ethyl adjacent to an activating group) is 1. The molecular formula is C21H22Cl2N2O2. The molecule has 2 aromatic carbocycles. The third-order valence-corrected chi connectivity index (χ3v) is 5.05. The first kappa shape index (κ1) is 19.7. The molecule has 0 unspecified atom stereocenters. The summed E-state index contributed by atoms with van der Waals surface area (Å²) in [7, 11) is 1.78. The lowest BCUT2D eigenvalue weighted by Gasteiger charge is -2.29. The first-order chi connectivity index (χ1) is 13.0. The Balaban J connectivity index is 1.59. The van der Waals surface area contributed by atoms with Crippen molar-refractivity contribution in [1.29, 1.82) is 0 Å². The third kappa shape index (κ3) is 5.48. The molecular weight excluding hydrogens is 383 g/mol. The summed E-state index contributed by atoms with van der Waals surface area (Å²) in [6, 6.07) is 13.5. The van der Waals surface area contributed by atoms with Crippen LogP contribution in [-0.4, -0.2) is 44.2 Å². The zero-order chi connectivity index (χ0) is 19.2. The lowest BCUT2D eigenvalue weighted by atomic mass is 10.1. The van der Waals surface area contributed by atoms with Crippen LogP contribution in [0.25, 0.3) is 6.08 Å². The van der Waals surface area contributed by atoms with Gasteiger partial charge in [0.15, 0.2) is 0 Å². The van der Waals surface area contributed by atoms with E-state index in [1.165, 1.54) is 11.8 Å². The summed E-state index contributed by atoms with van der Waals surface area (Å²) in [4.78, 5) is 16.3. The summed E-state index contributed by atoms with van der Waals surface area (Å²) in [5.41, 5.74) is 2.99. The van der Waals surface area contributed by atoms with Crippen molar-refractivity contribution < 1.29 is 9.53 Å². The molecule has 3 rings (SSSR count). The molecule has 142 valence electrons. The van der Waals surface area contributed by atoms with Gasteiger partial charge in [0.25, 0.3) is 0 Å². The van der Waals surface area contributed by atoms with E-state index in [1.807, 2.05) is 0 Å². The van der Waals surface area contributed by atoms with Gasteiger partial charge in [-0.1, -0.05) is 35.3 Å². The van der Waals surface area contributed by atoms with E-state index in [9.17, 15) is 4.79 Å². The molecule has 0 atom stereocenters. The first-order valence-electron chi connectivity index (χ1n) is 8.83. The Morgan fingerprint density at radius 3 is 2.56 bits per heavy atom. The van der Waals surface area contributed by atoms with Gasteiger partial charge in [-0.3, -0.25) is 4.79 Å². The number of anilines is 1. The van der Waals surface area contributed by atoms with Crippen LogP contribution in [0.15, 0.2) is 48.5 Å². The lowest BCUT2D eigenvalue weighted by molar-refractivity contribution is -0.125. The van der Waals surface area contributed by atoms with Gasteiger partial charge in [0.1, 0.15) is 0 Å². The van der Waals surface area contributed by atoms with Crippen molar-refractivity contribution in [2.24, 2.45) is 0 Å². The molecule has 0 aliphatic carbocycles. The fourth-order valence-electron chi connectivity index (χ4n) is 2.92. The molecule has 0 radical (unpaired) electrons. The molecule has 0 N–H and O–H groups in total. The van der Waals surface area contributed by atoms with Crippen molar-refractivity contribution in [2.75, 3.05) is 38.3 Å². The first-order valence-corrected chi connectivity index (χ1v) is 9.58. The summed E-state index contributed by atoms with van der Waals surface area (Å²) >= 11 is 12.1. The molecule has 27 heavy (non-hydrogen) atoms. The van der Waals surface area contributed by atoms with Crippen molar-refractivity contribution in [2.45, 2.75) is 6.54 Å². The predicted octanol–water partition coefficient (Wildman–Crippen LogP) is 4.50. The second-order valence-electron chi connectivity index (χ2n) is 6.46. The molecule has 0 aromatic heterocycles. The molecule has 1 saturated heterocycles. The Kier molecular flexibility index (Phi) is 6.78. The monoisotopic (exact) mass is 404 g/mol. The Hall–Kier alpha value is -2.01. The van der Waals surface area contributed by atoms with Crippen molar-refractivity contribution in [3.05, 3.63) is 69.7 Å². The fourth-order valence-corrected chi connectivity index (χ4v) is 3.28. The van der Waals surface area contributed by atoms with E-state index >= 15 is 0 Å². The van der Waals surface area contributed by atoms with Crippen LogP contribution in [0.3, 0.4) is 0 Å². The van der Waals surface area contributed by atoms with Gasteiger partial charge in [-0.2, -0.15) is 0 Å². The van der Waals surface area contributed by atoms with Crippen LogP contribution in [0.4, 0.5) is 5.69 Å². The summed E-state index contributed by atoms with van der Waals surface area (Å²) < 4.78 is 5.38. The number of carbonyl (C=O) groups is 1. The van der Waals surface area contributed by atoms with Crippen molar-refractivity contribution in [3.63, 3.8) is 0 Å². The smallest absolute Gasteiger partial charge is 0.246 e. The van der Waals surface area contributed by atoms with E-state index in [4.69, 9.17) is 27.9 Å². The highest BCUT2D eigenvalue weighted by Crippen LogP contribution is 2.22. The number of amides is 1. The number of nitrogens with zero attached hydrogens (tertiary/aromatic N) is 2. The Bertz CT molecular complexity index is 815. The predicted molar refractivity (Wildman–Crippen MR) is 111 cm³/mol. The highest BCUT2D eigenvalue weighted by Gasteiger charge is 2.11. The van der Waals surface area contributed by atoms with E-state index in [-0.39, 0.29) is 5.91 Å². The van der Waals surface area contributed by atoms with Gasteiger partial charge in [0, 0.05) is 48.5 Å². The van der Waals surface area contributed by atoms with E-state index in [0.717, 1.165) is 37.4 Å². The van der Waals surface area contributed by atoms with Gasteiger partial charge >= 0.3 is 0 Å². The molecule has 0 spiro atoms. The zero-order valence-electron chi connectivity index (χ0n) is 15.2. The molecule has 1 heterocycles. The topological polar surface area (TPSA) is 32.8 Å². The van der Waals surface area contributed by atoms with Gasteiger partial charge in [-0.05, 0) is 47.5 Å². The minimum atomic E-state index is -0.0942. The van der Waals surface area contributed by atoms with Crippen LogP contribution < -0.4 is 4.90 Å². The molecule has 0 saturated carbocycles. The Morgan fingerprint density at radius 1 is 1.15 bits per heavy atom. The van der Waals surface area contributed by atoms with Crippen LogP contribution in [0.5, 0.6) is 0 Å². The second kappa shape index (κ2) is 9.27. The SMILES string of the molecule is CN(Cc1ccc(N2CCOCC2)cc1)C(=O)/C=C/c1cc(Cl)ccc1Cl. The van der Waals surface area contributed by atoms with Gasteiger partial charge < -0.3 is 14.5 Å². The maximum Gasteiger partial charge on any atom is 0.246 e. The van der Waals surface area contributed by atoms with E-state index in [2.05, 4.69) is 29.2 Å². The second-order valence-corrected chi connectivity index (χ2v) is 7.30. The van der Waals surface area contributed by atoms with Crippen LogP contribution in [0.1, 0.15) is 11.1 Å². The van der Waals surface area contributed by atoms with Crippen LogP contribution in [-0.2, 0) is 16.1 Å². The van der Waals surface area contributed by atoms with Gasteiger partial charge in [0.2, 0.25) is 5.91 Å². The highest BCUT2D eigenvalue weighted by molar-refractivity contribution is 6.34. The zero-order valence-corrected chi connectivity index (χ0v) is 16.7. The van der Waals surface area contributed by atoms with Gasteiger partial charge in [0.05, 0.1) is 13.2 Å². The number of carbonyl (C=O) groups excluding carboxylic acids is 1. The van der Waals surface area contributed by atoms with Crippen LogP contribution in [0, 0.1) is 0 Å². The summed E-state index contributed by atoms with van der Waals surface area (Å²) in [5, 5.41) is 1.14. The van der Waals surface area contributed by atoms with Crippen LogP contribution in [0.2, 0.25) is 10.0 Å². The normalized spacial score (nSPS) is 14.6. The molecule has 2 aromatic rings. The average Bonchev–Trinajstić information content (AvgIpc) is 2.69. The molecule has 6 heteroatoms. The molecule has 0 bridgehead atoms. The third-order valence-electron chi connectivity index (χ3n) is 4.47. The summed E-state index contributed by atoms with van der Waals surface area (Å²) in [6.45, 7) is 3.89. The van der Waals surface area contributed by atoms with Gasteiger partial charge in [-0.25, -0.2) is 0 Å². The number of ether oxygens (including phenoxy) is 1. The summed E-state index contributed by atoms with van der Waals surface area (Å²) in [5.74, 6) is -0.0942. The highest BCUT2D eigenvalue weighted by atomic mass is 35.5. The number of hydrogen-bond donors (Lipinski definition) is 0. The quantitative estimate of drug-likeness (QED) is 0.687. The average molecular weight is 405 g/mol. The number of benzene rings is 2. The lowest BCUT2D eigenvalue weighted by Crippen LogP contribution is -2.36. The number of hydrogen-bond acceptors (Lipinski definition) is 3. The maximum atomic E-state index is 12.4. The summed E-state index contributed by atoms with van der Waals surface area (Å²) in [6.07, 6.45) is 3.20. The standard InChI is InChI=1S/C21H22Cl2N2O2/c1-24(21(26)9-4-17-14-18(22)5-8-20(17)23)15-16-2-6-19(7-3-16)25-10-12-27-13-11-25/h2-9,14H,10-13,15H2,1H3/b9-4+. The van der Waals surface area contributed by atoms with E-state index in [0.29, 0.717) is 16.6 Å². The molecule has 1 amide bonds. The van der Waals surface area contributed by atoms with Crippen molar-refractivity contribution in [3.8, 4) is 0 Å². The van der Waals surface area contributed by atoms with E-state index < -0.39 is 0 Å². The minimum absolute atomic E-state index is 0.0942. The molecule has 4 nitrogen and oxygen atoms in total. The number of halogens is 2. The fraction of sp³-hybridized carbons (Fsp3) is 0.286. The van der Waals surface area contributed by atoms with Crippen LogP contribution >= 0.6 is 23.2 Å². The van der Waals surface area contributed by atoms with Crippen molar-refractivity contribution >= 4 is 40.9 Å². The molecule has 1 aliphatic heterocycles. The minimum Gasteiger partial charge on any atom is -0.378 e. The Morgan fingerprint density at radius 2 is 1.85 bits per heavy atom. The van der Waals surface area contributed by atoms with E-state index in [1.54, 1.807) is 36.2 Å². The molecule has 1 fully saturated rings. The number of morpholine rings is 1. The van der Waals surface area contributed by atoms with Crippen molar-refractivity contribution in [1.82, 2.24) is 4.90 Å². The van der Waals surface area contributed by atoms with Gasteiger partial charge in [-0.15, -0.1) is 0 Å².